The van der Waals surface area contributed by atoms with E-state index in [4.69, 9.17) is 9.15 Å². The fraction of sp³-hybridized carbons (Fsp3) is 0.227. The Labute approximate surface area is 173 Å². The number of anilines is 1. The molecule has 0 spiro atoms. The third-order valence-electron chi connectivity index (χ3n) is 4.28. The molecule has 2 aromatic carbocycles. The molecule has 0 N–H and O–H groups in total. The van der Waals surface area contributed by atoms with Crippen molar-refractivity contribution in [2.45, 2.75) is 13.1 Å². The van der Waals surface area contributed by atoms with Gasteiger partial charge in [0.05, 0.1) is 12.8 Å². The number of rotatable bonds is 8. The third kappa shape index (κ3) is 5.63. The number of carbonyl (C=O) groups is 1. The van der Waals surface area contributed by atoms with Gasteiger partial charge in [0.15, 0.2) is 6.61 Å². The van der Waals surface area contributed by atoms with Gasteiger partial charge in [-0.3, -0.25) is 4.79 Å². The van der Waals surface area contributed by atoms with Crippen LogP contribution in [0.15, 0.2) is 75.8 Å². The summed E-state index contributed by atoms with van der Waals surface area (Å²) in [5.41, 5.74) is 2.17. The lowest BCUT2D eigenvalue weighted by atomic mass is 10.2. The molecule has 0 saturated carbocycles. The quantitative estimate of drug-likeness (QED) is 0.506. The molecular formula is C22H23BrN2O3. The van der Waals surface area contributed by atoms with Crippen LogP contribution >= 0.6 is 15.9 Å². The predicted octanol–water partition coefficient (Wildman–Crippen LogP) is 4.72. The topological polar surface area (TPSA) is 45.9 Å². The fourth-order valence-electron chi connectivity index (χ4n) is 2.71. The molecular weight excluding hydrogens is 420 g/mol. The van der Waals surface area contributed by atoms with Crippen molar-refractivity contribution in [3.05, 3.63) is 82.7 Å². The zero-order valence-corrected chi connectivity index (χ0v) is 17.6. The number of furan rings is 1. The summed E-state index contributed by atoms with van der Waals surface area (Å²) in [4.78, 5) is 16.6. The Morgan fingerprint density at radius 2 is 1.71 bits per heavy atom. The summed E-state index contributed by atoms with van der Waals surface area (Å²) >= 11 is 3.39. The van der Waals surface area contributed by atoms with E-state index in [0.29, 0.717) is 18.8 Å². The molecule has 1 aromatic heterocycles. The highest BCUT2D eigenvalue weighted by molar-refractivity contribution is 9.10. The maximum atomic E-state index is 12.8. The number of hydrogen-bond donors (Lipinski definition) is 0. The van der Waals surface area contributed by atoms with Crippen molar-refractivity contribution in [2.24, 2.45) is 0 Å². The van der Waals surface area contributed by atoms with Crippen molar-refractivity contribution in [2.75, 3.05) is 25.6 Å². The standard InChI is InChI=1S/C22H23BrN2O3/c1-24(2)19-9-5-17(6-10-19)14-25(15-21-4-3-13-27-21)22(26)16-28-20-11-7-18(23)8-12-20/h3-13H,14-16H2,1-2H3. The lowest BCUT2D eigenvalue weighted by molar-refractivity contribution is -0.134. The van der Waals surface area contributed by atoms with Gasteiger partial charge in [0.25, 0.3) is 5.91 Å². The van der Waals surface area contributed by atoms with E-state index in [-0.39, 0.29) is 12.5 Å². The number of hydrogen-bond acceptors (Lipinski definition) is 4. The molecule has 3 aromatic rings. The normalized spacial score (nSPS) is 10.5. The van der Waals surface area contributed by atoms with Crippen LogP contribution in [-0.4, -0.2) is 31.5 Å². The average molecular weight is 443 g/mol. The molecule has 0 aliphatic carbocycles. The van der Waals surface area contributed by atoms with Crippen molar-refractivity contribution in [3.8, 4) is 5.75 Å². The molecule has 6 heteroatoms. The molecule has 0 fully saturated rings. The summed E-state index contributed by atoms with van der Waals surface area (Å²) in [7, 11) is 4.00. The average Bonchev–Trinajstić information content (AvgIpc) is 3.20. The molecule has 0 aliphatic heterocycles. The fourth-order valence-corrected chi connectivity index (χ4v) is 2.97. The Hall–Kier alpha value is -2.73. The van der Waals surface area contributed by atoms with E-state index in [1.807, 2.05) is 79.7 Å². The maximum Gasteiger partial charge on any atom is 0.261 e. The van der Waals surface area contributed by atoms with Crippen LogP contribution in [-0.2, 0) is 17.9 Å². The van der Waals surface area contributed by atoms with Crippen molar-refractivity contribution in [1.82, 2.24) is 4.90 Å². The first kappa shape index (κ1) is 20.0. The summed E-state index contributed by atoms with van der Waals surface area (Å²) in [6, 6.07) is 19.3. The number of halogens is 1. The first-order valence-corrected chi connectivity index (χ1v) is 9.75. The first-order valence-electron chi connectivity index (χ1n) is 8.96. The van der Waals surface area contributed by atoms with Crippen molar-refractivity contribution >= 4 is 27.5 Å². The predicted molar refractivity (Wildman–Crippen MR) is 113 cm³/mol. The Kier molecular flexibility index (Phi) is 6.76. The molecule has 0 atom stereocenters. The highest BCUT2D eigenvalue weighted by Gasteiger charge is 2.17. The van der Waals surface area contributed by atoms with Crippen LogP contribution in [0.3, 0.4) is 0 Å². The summed E-state index contributed by atoms with van der Waals surface area (Å²) in [5.74, 6) is 1.29. The Balaban J connectivity index is 1.68. The number of nitrogens with zero attached hydrogens (tertiary/aromatic N) is 2. The highest BCUT2D eigenvalue weighted by Crippen LogP contribution is 2.18. The van der Waals surface area contributed by atoms with Gasteiger partial charge >= 0.3 is 0 Å². The molecule has 5 nitrogen and oxygen atoms in total. The zero-order valence-electron chi connectivity index (χ0n) is 16.0. The van der Waals surface area contributed by atoms with E-state index in [9.17, 15) is 4.79 Å². The molecule has 28 heavy (non-hydrogen) atoms. The minimum absolute atomic E-state index is 0.0296. The molecule has 3 rings (SSSR count). The number of benzene rings is 2. The minimum Gasteiger partial charge on any atom is -0.484 e. The van der Waals surface area contributed by atoms with Crippen LogP contribution < -0.4 is 9.64 Å². The summed E-state index contributed by atoms with van der Waals surface area (Å²) in [6.45, 7) is 0.847. The third-order valence-corrected chi connectivity index (χ3v) is 4.81. The van der Waals surface area contributed by atoms with E-state index in [1.165, 1.54) is 0 Å². The second kappa shape index (κ2) is 9.46. The van der Waals surface area contributed by atoms with Gasteiger partial charge in [0.2, 0.25) is 0 Å². The minimum atomic E-state index is -0.101. The molecule has 0 radical (unpaired) electrons. The van der Waals surface area contributed by atoms with Crippen molar-refractivity contribution in [1.29, 1.82) is 0 Å². The highest BCUT2D eigenvalue weighted by atomic mass is 79.9. The smallest absolute Gasteiger partial charge is 0.261 e. The van der Waals surface area contributed by atoms with Gasteiger partial charge in [0.1, 0.15) is 11.5 Å². The Morgan fingerprint density at radius 1 is 1.00 bits per heavy atom. The van der Waals surface area contributed by atoms with Gasteiger partial charge in [-0.15, -0.1) is 0 Å². The SMILES string of the molecule is CN(C)c1ccc(CN(Cc2ccco2)C(=O)COc2ccc(Br)cc2)cc1. The van der Waals surface area contributed by atoms with E-state index in [0.717, 1.165) is 21.5 Å². The van der Waals surface area contributed by atoms with Gasteiger partial charge in [-0.25, -0.2) is 0 Å². The van der Waals surface area contributed by atoms with Crippen LogP contribution in [0.2, 0.25) is 0 Å². The largest absolute Gasteiger partial charge is 0.484 e. The van der Waals surface area contributed by atoms with Gasteiger partial charge < -0.3 is 19.0 Å². The van der Waals surface area contributed by atoms with E-state index in [1.54, 1.807) is 11.2 Å². The molecule has 146 valence electrons. The van der Waals surface area contributed by atoms with Crippen molar-refractivity contribution < 1.29 is 13.9 Å². The Morgan fingerprint density at radius 3 is 2.32 bits per heavy atom. The summed E-state index contributed by atoms with van der Waals surface area (Å²) in [5, 5.41) is 0. The van der Waals surface area contributed by atoms with E-state index < -0.39 is 0 Å². The van der Waals surface area contributed by atoms with Crippen LogP contribution in [0.5, 0.6) is 5.75 Å². The zero-order chi connectivity index (χ0) is 19.9. The van der Waals surface area contributed by atoms with Gasteiger partial charge in [-0.1, -0.05) is 28.1 Å². The lowest BCUT2D eigenvalue weighted by Crippen LogP contribution is -2.34. The second-order valence-corrected chi connectivity index (χ2v) is 7.55. The second-order valence-electron chi connectivity index (χ2n) is 6.63. The number of amides is 1. The molecule has 0 saturated heterocycles. The number of carbonyl (C=O) groups excluding carboxylic acids is 1. The van der Waals surface area contributed by atoms with Crippen molar-refractivity contribution in [3.63, 3.8) is 0 Å². The molecule has 1 amide bonds. The van der Waals surface area contributed by atoms with Crippen LogP contribution in [0.4, 0.5) is 5.69 Å². The van der Waals surface area contributed by atoms with Crippen LogP contribution in [0.25, 0.3) is 0 Å². The monoisotopic (exact) mass is 442 g/mol. The summed E-state index contributed by atoms with van der Waals surface area (Å²) in [6.07, 6.45) is 1.61. The van der Waals surface area contributed by atoms with Gasteiger partial charge in [-0.2, -0.15) is 0 Å². The van der Waals surface area contributed by atoms with E-state index in [2.05, 4.69) is 15.9 Å². The number of ether oxygens (including phenoxy) is 1. The van der Waals surface area contributed by atoms with E-state index >= 15 is 0 Å². The van der Waals surface area contributed by atoms with Crippen LogP contribution in [0.1, 0.15) is 11.3 Å². The van der Waals surface area contributed by atoms with Gasteiger partial charge in [-0.05, 0) is 54.1 Å². The lowest BCUT2D eigenvalue weighted by Gasteiger charge is -2.22. The molecule has 0 bridgehead atoms. The molecule has 0 unspecified atom stereocenters. The van der Waals surface area contributed by atoms with Gasteiger partial charge in [0, 0.05) is 30.8 Å². The maximum absolute atomic E-state index is 12.8. The first-order chi connectivity index (χ1) is 13.5. The summed E-state index contributed by atoms with van der Waals surface area (Å²) < 4.78 is 12.1. The van der Waals surface area contributed by atoms with Crippen LogP contribution in [0, 0.1) is 0 Å². The molecule has 0 aliphatic rings. The Bertz CT molecular complexity index is 875. The molecule has 1 heterocycles.